The second-order valence-electron chi connectivity index (χ2n) is 3.42. The molecule has 0 saturated carbocycles. The lowest BCUT2D eigenvalue weighted by Gasteiger charge is -2.34. The standard InChI is InChI=1S/C8H18N2/c1-7-6-10(3)5-4-8(7)9-2/h7-9H,4-6H2,1-3H3. The van der Waals surface area contributed by atoms with Crippen molar-refractivity contribution in [1.82, 2.24) is 10.2 Å². The maximum absolute atomic E-state index is 3.35. The quantitative estimate of drug-likeness (QED) is 0.575. The molecule has 60 valence electrons. The van der Waals surface area contributed by atoms with Crippen molar-refractivity contribution in [3.05, 3.63) is 0 Å². The summed E-state index contributed by atoms with van der Waals surface area (Å²) >= 11 is 0. The number of nitrogens with zero attached hydrogens (tertiary/aromatic N) is 1. The van der Waals surface area contributed by atoms with Gasteiger partial charge in [0, 0.05) is 12.6 Å². The van der Waals surface area contributed by atoms with Crippen molar-refractivity contribution in [3.8, 4) is 0 Å². The van der Waals surface area contributed by atoms with Crippen molar-refractivity contribution in [1.29, 1.82) is 0 Å². The Kier molecular flexibility index (Phi) is 2.69. The van der Waals surface area contributed by atoms with Crippen LogP contribution < -0.4 is 5.32 Å². The first-order valence-corrected chi connectivity index (χ1v) is 4.10. The molecule has 1 fully saturated rings. The molecule has 2 unspecified atom stereocenters. The monoisotopic (exact) mass is 142 g/mol. The fourth-order valence-electron chi connectivity index (χ4n) is 1.78. The van der Waals surface area contributed by atoms with E-state index >= 15 is 0 Å². The predicted octanol–water partition coefficient (Wildman–Crippen LogP) is 0.546. The first-order valence-electron chi connectivity index (χ1n) is 4.10. The summed E-state index contributed by atoms with van der Waals surface area (Å²) in [5.41, 5.74) is 0. The molecule has 1 N–H and O–H groups in total. The van der Waals surface area contributed by atoms with Crippen LogP contribution in [-0.2, 0) is 0 Å². The van der Waals surface area contributed by atoms with Crippen molar-refractivity contribution in [2.45, 2.75) is 19.4 Å². The van der Waals surface area contributed by atoms with Crippen LogP contribution in [-0.4, -0.2) is 38.1 Å². The Bertz CT molecular complexity index is 103. The summed E-state index contributed by atoms with van der Waals surface area (Å²) in [6, 6.07) is 0.746. The molecule has 0 amide bonds. The zero-order valence-electron chi connectivity index (χ0n) is 7.22. The third kappa shape index (κ3) is 1.70. The molecule has 1 aliphatic rings. The van der Waals surface area contributed by atoms with E-state index in [1.807, 2.05) is 0 Å². The number of hydrogen-bond donors (Lipinski definition) is 1. The molecule has 1 rings (SSSR count). The average Bonchev–Trinajstić information content (AvgIpc) is 1.88. The molecule has 0 bridgehead atoms. The zero-order chi connectivity index (χ0) is 7.56. The van der Waals surface area contributed by atoms with Crippen LogP contribution in [0.25, 0.3) is 0 Å². The fraction of sp³-hybridized carbons (Fsp3) is 1.00. The molecule has 1 saturated heterocycles. The Labute approximate surface area is 63.6 Å². The highest BCUT2D eigenvalue weighted by Crippen LogP contribution is 2.14. The van der Waals surface area contributed by atoms with Crippen LogP contribution in [0.2, 0.25) is 0 Å². The molecule has 0 aromatic heterocycles. The highest BCUT2D eigenvalue weighted by Gasteiger charge is 2.21. The molecule has 10 heavy (non-hydrogen) atoms. The molecular weight excluding hydrogens is 124 g/mol. The van der Waals surface area contributed by atoms with Gasteiger partial charge in [-0.2, -0.15) is 0 Å². The Morgan fingerprint density at radius 1 is 1.50 bits per heavy atom. The van der Waals surface area contributed by atoms with Gasteiger partial charge in [-0.1, -0.05) is 6.92 Å². The number of nitrogens with one attached hydrogen (secondary N) is 1. The van der Waals surface area contributed by atoms with Gasteiger partial charge in [0.1, 0.15) is 0 Å². The van der Waals surface area contributed by atoms with Gasteiger partial charge in [0.15, 0.2) is 0 Å². The molecule has 0 radical (unpaired) electrons. The van der Waals surface area contributed by atoms with Gasteiger partial charge in [0.05, 0.1) is 0 Å². The van der Waals surface area contributed by atoms with E-state index in [1.165, 1.54) is 19.5 Å². The largest absolute Gasteiger partial charge is 0.317 e. The predicted molar refractivity (Wildman–Crippen MR) is 44.1 cm³/mol. The third-order valence-electron chi connectivity index (χ3n) is 2.48. The molecule has 1 heterocycles. The lowest BCUT2D eigenvalue weighted by molar-refractivity contribution is 0.180. The summed E-state index contributed by atoms with van der Waals surface area (Å²) in [7, 11) is 4.26. The van der Waals surface area contributed by atoms with E-state index in [0.717, 1.165) is 12.0 Å². The average molecular weight is 142 g/mol. The number of likely N-dealkylation sites (tertiary alicyclic amines) is 1. The normalized spacial score (nSPS) is 36.3. The van der Waals surface area contributed by atoms with Gasteiger partial charge >= 0.3 is 0 Å². The second-order valence-corrected chi connectivity index (χ2v) is 3.42. The van der Waals surface area contributed by atoms with E-state index < -0.39 is 0 Å². The second kappa shape index (κ2) is 3.35. The Morgan fingerprint density at radius 2 is 2.20 bits per heavy atom. The summed E-state index contributed by atoms with van der Waals surface area (Å²) < 4.78 is 0. The SMILES string of the molecule is CNC1CCN(C)CC1C. The van der Waals surface area contributed by atoms with Gasteiger partial charge in [0.25, 0.3) is 0 Å². The molecule has 0 aliphatic carbocycles. The van der Waals surface area contributed by atoms with E-state index in [2.05, 4.69) is 31.2 Å². The van der Waals surface area contributed by atoms with Gasteiger partial charge < -0.3 is 10.2 Å². The highest BCUT2D eigenvalue weighted by atomic mass is 15.1. The third-order valence-corrected chi connectivity index (χ3v) is 2.48. The van der Waals surface area contributed by atoms with Crippen molar-refractivity contribution < 1.29 is 0 Å². The molecule has 0 spiro atoms. The lowest BCUT2D eigenvalue weighted by atomic mass is 9.95. The minimum Gasteiger partial charge on any atom is -0.317 e. The molecule has 0 aromatic carbocycles. The van der Waals surface area contributed by atoms with Crippen LogP contribution in [0.3, 0.4) is 0 Å². The van der Waals surface area contributed by atoms with Crippen LogP contribution in [0, 0.1) is 5.92 Å². The molecular formula is C8H18N2. The topological polar surface area (TPSA) is 15.3 Å². The maximum Gasteiger partial charge on any atom is 0.0114 e. The smallest absolute Gasteiger partial charge is 0.0114 e. The van der Waals surface area contributed by atoms with Crippen molar-refractivity contribution in [2.75, 3.05) is 27.2 Å². The first kappa shape index (κ1) is 8.02. The van der Waals surface area contributed by atoms with E-state index in [0.29, 0.717) is 0 Å². The maximum atomic E-state index is 3.35. The van der Waals surface area contributed by atoms with Gasteiger partial charge in [0.2, 0.25) is 0 Å². The molecule has 2 atom stereocenters. The van der Waals surface area contributed by atoms with Crippen LogP contribution in [0.4, 0.5) is 0 Å². The zero-order valence-corrected chi connectivity index (χ0v) is 7.22. The number of hydrogen-bond acceptors (Lipinski definition) is 2. The van der Waals surface area contributed by atoms with Crippen LogP contribution in [0.1, 0.15) is 13.3 Å². The summed E-state index contributed by atoms with van der Waals surface area (Å²) in [5.74, 6) is 0.809. The fourth-order valence-corrected chi connectivity index (χ4v) is 1.78. The summed E-state index contributed by atoms with van der Waals surface area (Å²) in [6.45, 7) is 4.80. The van der Waals surface area contributed by atoms with Crippen LogP contribution >= 0.6 is 0 Å². The molecule has 1 aliphatic heterocycles. The Morgan fingerprint density at radius 3 is 2.70 bits per heavy atom. The van der Waals surface area contributed by atoms with Gasteiger partial charge in [-0.05, 0) is 33.0 Å². The van der Waals surface area contributed by atoms with Gasteiger partial charge in [-0.3, -0.25) is 0 Å². The summed E-state index contributed by atoms with van der Waals surface area (Å²) in [4.78, 5) is 2.40. The van der Waals surface area contributed by atoms with Crippen molar-refractivity contribution in [2.24, 2.45) is 5.92 Å². The first-order chi connectivity index (χ1) is 4.74. The minimum atomic E-state index is 0.746. The van der Waals surface area contributed by atoms with E-state index in [9.17, 15) is 0 Å². The van der Waals surface area contributed by atoms with Crippen molar-refractivity contribution >= 4 is 0 Å². The van der Waals surface area contributed by atoms with Crippen molar-refractivity contribution in [3.63, 3.8) is 0 Å². The van der Waals surface area contributed by atoms with Gasteiger partial charge in [-0.15, -0.1) is 0 Å². The lowest BCUT2D eigenvalue weighted by Crippen LogP contribution is -2.45. The molecule has 0 aromatic rings. The summed E-state index contributed by atoms with van der Waals surface area (Å²) in [6.07, 6.45) is 1.30. The van der Waals surface area contributed by atoms with E-state index in [4.69, 9.17) is 0 Å². The van der Waals surface area contributed by atoms with E-state index in [-0.39, 0.29) is 0 Å². The highest BCUT2D eigenvalue weighted by molar-refractivity contribution is 4.79. The summed E-state index contributed by atoms with van der Waals surface area (Å²) in [5, 5.41) is 3.35. The number of rotatable bonds is 1. The Hall–Kier alpha value is -0.0800. The Balaban J connectivity index is 2.36. The molecule has 2 heteroatoms. The van der Waals surface area contributed by atoms with Gasteiger partial charge in [-0.25, -0.2) is 0 Å². The van der Waals surface area contributed by atoms with E-state index in [1.54, 1.807) is 0 Å². The van der Waals surface area contributed by atoms with Crippen LogP contribution in [0.15, 0.2) is 0 Å². The number of piperidine rings is 1. The molecule has 2 nitrogen and oxygen atoms in total. The minimum absolute atomic E-state index is 0.746. The van der Waals surface area contributed by atoms with Crippen LogP contribution in [0.5, 0.6) is 0 Å².